The number of aryl methyl sites for hydroxylation is 3. The monoisotopic (exact) mass is 261 g/mol. The predicted molar refractivity (Wildman–Crippen MR) is 74.3 cm³/mol. The maximum Gasteiger partial charge on any atom is 0.160 e. The van der Waals surface area contributed by atoms with Crippen molar-refractivity contribution in [2.24, 2.45) is 0 Å². The van der Waals surface area contributed by atoms with Gasteiger partial charge in [0.15, 0.2) is 11.6 Å². The lowest BCUT2D eigenvalue weighted by Gasteiger charge is -2.13. The summed E-state index contributed by atoms with van der Waals surface area (Å²) in [6.07, 6.45) is 0. The Kier molecular flexibility index (Phi) is 3.84. The molecular weight excluding hydrogens is 244 g/mol. The van der Waals surface area contributed by atoms with Crippen LogP contribution >= 0.6 is 0 Å². The molecule has 0 fully saturated rings. The van der Waals surface area contributed by atoms with Crippen LogP contribution in [0.2, 0.25) is 0 Å². The molecule has 0 saturated carbocycles. The molecule has 0 unspecified atom stereocenters. The van der Waals surface area contributed by atoms with Crippen LogP contribution < -0.4 is 5.32 Å². The first kappa shape index (κ1) is 13.5. The second-order valence-corrected chi connectivity index (χ2v) is 4.86. The molecule has 0 heterocycles. The molecule has 2 aromatic rings. The minimum atomic E-state index is -0.831. The van der Waals surface area contributed by atoms with Gasteiger partial charge >= 0.3 is 0 Å². The van der Waals surface area contributed by atoms with Gasteiger partial charge in [0.25, 0.3) is 0 Å². The average Bonchev–Trinajstić information content (AvgIpc) is 2.32. The molecule has 0 aromatic heterocycles. The van der Waals surface area contributed by atoms with E-state index < -0.39 is 11.6 Å². The molecule has 19 heavy (non-hydrogen) atoms. The number of nitrogens with one attached hydrogen (secondary N) is 1. The van der Waals surface area contributed by atoms with E-state index in [-0.39, 0.29) is 0 Å². The molecule has 0 bridgehead atoms. The van der Waals surface area contributed by atoms with Gasteiger partial charge in [-0.1, -0.05) is 17.7 Å². The van der Waals surface area contributed by atoms with Gasteiger partial charge in [0.05, 0.1) is 0 Å². The third-order valence-corrected chi connectivity index (χ3v) is 3.23. The highest BCUT2D eigenvalue weighted by Crippen LogP contribution is 2.19. The fourth-order valence-corrected chi connectivity index (χ4v) is 2.29. The average molecular weight is 261 g/mol. The van der Waals surface area contributed by atoms with Crippen molar-refractivity contribution in [3.05, 3.63) is 64.2 Å². The SMILES string of the molecule is Cc1cc(C)c(CNc2ccc(F)c(F)c2)c(C)c1. The van der Waals surface area contributed by atoms with Crippen molar-refractivity contribution >= 4 is 5.69 Å². The van der Waals surface area contributed by atoms with Crippen molar-refractivity contribution in [1.82, 2.24) is 0 Å². The number of rotatable bonds is 3. The van der Waals surface area contributed by atoms with E-state index in [1.807, 2.05) is 0 Å². The zero-order valence-electron chi connectivity index (χ0n) is 11.3. The van der Waals surface area contributed by atoms with Gasteiger partial charge in [0.1, 0.15) is 0 Å². The number of benzene rings is 2. The first-order valence-corrected chi connectivity index (χ1v) is 6.23. The number of halogens is 2. The van der Waals surface area contributed by atoms with Crippen molar-refractivity contribution in [3.63, 3.8) is 0 Å². The lowest BCUT2D eigenvalue weighted by atomic mass is 10.00. The summed E-state index contributed by atoms with van der Waals surface area (Å²) in [7, 11) is 0. The van der Waals surface area contributed by atoms with E-state index in [1.165, 1.54) is 34.4 Å². The fraction of sp³-hybridized carbons (Fsp3) is 0.250. The van der Waals surface area contributed by atoms with Crippen LogP contribution in [-0.2, 0) is 6.54 Å². The summed E-state index contributed by atoms with van der Waals surface area (Å²) in [5.74, 6) is -1.66. The van der Waals surface area contributed by atoms with Crippen LogP contribution in [0.4, 0.5) is 14.5 Å². The Labute approximate surface area is 112 Å². The highest BCUT2D eigenvalue weighted by molar-refractivity contribution is 5.46. The summed E-state index contributed by atoms with van der Waals surface area (Å²) in [5, 5.41) is 3.12. The van der Waals surface area contributed by atoms with Crippen LogP contribution in [0.25, 0.3) is 0 Å². The molecule has 100 valence electrons. The van der Waals surface area contributed by atoms with Crippen molar-refractivity contribution in [1.29, 1.82) is 0 Å². The van der Waals surface area contributed by atoms with Crippen LogP contribution in [0.1, 0.15) is 22.3 Å². The number of hydrogen-bond donors (Lipinski definition) is 1. The smallest absolute Gasteiger partial charge is 0.160 e. The molecule has 0 atom stereocenters. The summed E-state index contributed by atoms with van der Waals surface area (Å²) in [6.45, 7) is 6.78. The summed E-state index contributed by atoms with van der Waals surface area (Å²) in [6, 6.07) is 8.09. The highest BCUT2D eigenvalue weighted by Gasteiger charge is 2.05. The Balaban J connectivity index is 2.16. The van der Waals surface area contributed by atoms with E-state index in [1.54, 1.807) is 0 Å². The summed E-state index contributed by atoms with van der Waals surface area (Å²) < 4.78 is 25.9. The Bertz CT molecular complexity index is 583. The van der Waals surface area contributed by atoms with Crippen LogP contribution in [-0.4, -0.2) is 0 Å². The van der Waals surface area contributed by atoms with E-state index in [0.717, 1.165) is 6.07 Å². The van der Waals surface area contributed by atoms with E-state index in [9.17, 15) is 8.78 Å². The third kappa shape index (κ3) is 3.11. The molecule has 0 spiro atoms. The van der Waals surface area contributed by atoms with E-state index in [0.29, 0.717) is 12.2 Å². The maximum atomic E-state index is 13.1. The molecule has 0 amide bonds. The molecule has 0 aliphatic heterocycles. The van der Waals surface area contributed by atoms with Crippen molar-refractivity contribution < 1.29 is 8.78 Å². The quantitative estimate of drug-likeness (QED) is 0.857. The number of anilines is 1. The van der Waals surface area contributed by atoms with Gasteiger partial charge in [0, 0.05) is 18.3 Å². The van der Waals surface area contributed by atoms with Crippen molar-refractivity contribution in [2.45, 2.75) is 27.3 Å². The number of hydrogen-bond acceptors (Lipinski definition) is 1. The van der Waals surface area contributed by atoms with E-state index >= 15 is 0 Å². The first-order chi connectivity index (χ1) is 8.97. The second kappa shape index (κ2) is 5.39. The lowest BCUT2D eigenvalue weighted by Crippen LogP contribution is -2.04. The van der Waals surface area contributed by atoms with E-state index in [4.69, 9.17) is 0 Å². The highest BCUT2D eigenvalue weighted by atomic mass is 19.2. The predicted octanol–water partition coefficient (Wildman–Crippen LogP) is 4.50. The van der Waals surface area contributed by atoms with Gasteiger partial charge in [-0.15, -0.1) is 0 Å². The molecule has 1 N–H and O–H groups in total. The maximum absolute atomic E-state index is 13.1. The van der Waals surface area contributed by atoms with E-state index in [2.05, 4.69) is 38.2 Å². The van der Waals surface area contributed by atoms with Gasteiger partial charge in [0.2, 0.25) is 0 Å². The summed E-state index contributed by atoms with van der Waals surface area (Å²) in [5.41, 5.74) is 5.40. The Morgan fingerprint density at radius 2 is 1.53 bits per heavy atom. The van der Waals surface area contributed by atoms with Crippen LogP contribution in [0.5, 0.6) is 0 Å². The Hall–Kier alpha value is -1.90. The molecule has 0 radical (unpaired) electrons. The van der Waals surface area contributed by atoms with Gasteiger partial charge in [-0.2, -0.15) is 0 Å². The standard InChI is InChI=1S/C16H17F2N/c1-10-6-11(2)14(12(3)7-10)9-19-13-4-5-15(17)16(18)8-13/h4-8,19H,9H2,1-3H3. The van der Waals surface area contributed by atoms with Crippen molar-refractivity contribution in [2.75, 3.05) is 5.32 Å². The Morgan fingerprint density at radius 1 is 0.895 bits per heavy atom. The normalized spacial score (nSPS) is 10.6. The molecule has 0 aliphatic rings. The minimum absolute atomic E-state index is 0.582. The van der Waals surface area contributed by atoms with Gasteiger partial charge in [-0.25, -0.2) is 8.78 Å². The molecule has 2 rings (SSSR count). The molecule has 1 nitrogen and oxygen atoms in total. The van der Waals surface area contributed by atoms with Gasteiger partial charge < -0.3 is 5.32 Å². The molecule has 0 aliphatic carbocycles. The van der Waals surface area contributed by atoms with Crippen LogP contribution in [0, 0.1) is 32.4 Å². The molecular formula is C16H17F2N. The molecule has 0 saturated heterocycles. The Morgan fingerprint density at radius 3 is 2.11 bits per heavy atom. The second-order valence-electron chi connectivity index (χ2n) is 4.86. The topological polar surface area (TPSA) is 12.0 Å². The summed E-state index contributed by atoms with van der Waals surface area (Å²) in [4.78, 5) is 0. The largest absolute Gasteiger partial charge is 0.381 e. The minimum Gasteiger partial charge on any atom is -0.381 e. The summed E-state index contributed by atoms with van der Waals surface area (Å²) >= 11 is 0. The zero-order valence-corrected chi connectivity index (χ0v) is 11.3. The third-order valence-electron chi connectivity index (χ3n) is 3.23. The van der Waals surface area contributed by atoms with Crippen LogP contribution in [0.15, 0.2) is 30.3 Å². The van der Waals surface area contributed by atoms with Crippen LogP contribution in [0.3, 0.4) is 0 Å². The zero-order chi connectivity index (χ0) is 14.0. The molecule has 3 heteroatoms. The first-order valence-electron chi connectivity index (χ1n) is 6.23. The van der Waals surface area contributed by atoms with Crippen molar-refractivity contribution in [3.8, 4) is 0 Å². The van der Waals surface area contributed by atoms with Gasteiger partial charge in [-0.3, -0.25) is 0 Å². The fourth-order valence-electron chi connectivity index (χ4n) is 2.29. The molecule has 2 aromatic carbocycles. The van der Waals surface area contributed by atoms with Gasteiger partial charge in [-0.05, 0) is 49.6 Å². The lowest BCUT2D eigenvalue weighted by molar-refractivity contribution is 0.509.